The number of aliphatic imine (C=N–C) groups is 1. The predicted octanol–water partition coefficient (Wildman–Crippen LogP) is 4.54. The van der Waals surface area contributed by atoms with E-state index in [1.165, 1.54) is 0 Å². The van der Waals surface area contributed by atoms with Crippen molar-refractivity contribution in [2.75, 3.05) is 0 Å². The topological polar surface area (TPSA) is 30.2 Å². The summed E-state index contributed by atoms with van der Waals surface area (Å²) < 4.78 is 1.97. The molecular weight excluding hydrogens is 258 g/mol. The van der Waals surface area contributed by atoms with Crippen LogP contribution in [0.5, 0.6) is 0 Å². The van der Waals surface area contributed by atoms with Crippen LogP contribution in [-0.2, 0) is 6.54 Å². The molecule has 3 nitrogen and oxygen atoms in total. The molecule has 0 aliphatic carbocycles. The zero-order valence-electron chi connectivity index (χ0n) is 12.9. The van der Waals surface area contributed by atoms with Crippen LogP contribution in [0.15, 0.2) is 54.2 Å². The molecule has 2 aromatic rings. The van der Waals surface area contributed by atoms with Gasteiger partial charge in [-0.05, 0) is 44.0 Å². The van der Waals surface area contributed by atoms with E-state index in [1.807, 2.05) is 37.7 Å². The fourth-order valence-corrected chi connectivity index (χ4v) is 2.28. The molecule has 0 saturated carbocycles. The van der Waals surface area contributed by atoms with Crippen LogP contribution in [0, 0.1) is 6.92 Å². The maximum Gasteiger partial charge on any atom is 0.0689 e. The van der Waals surface area contributed by atoms with Gasteiger partial charge in [0.25, 0.3) is 0 Å². The second-order valence-electron chi connectivity index (χ2n) is 5.03. The normalized spacial score (nSPS) is 12.2. The molecule has 0 unspecified atom stereocenters. The van der Waals surface area contributed by atoms with Gasteiger partial charge in [-0.2, -0.15) is 5.10 Å². The molecule has 0 aliphatic heterocycles. The first-order valence-electron chi connectivity index (χ1n) is 7.01. The molecule has 2 rings (SSSR count). The molecule has 0 aliphatic rings. The second kappa shape index (κ2) is 6.35. The number of aryl methyl sites for hydroxylation is 1. The van der Waals surface area contributed by atoms with Crippen LogP contribution in [0.1, 0.15) is 25.1 Å². The van der Waals surface area contributed by atoms with Gasteiger partial charge in [-0.25, -0.2) is 0 Å². The molecule has 0 amide bonds. The Bertz CT molecular complexity index is 745. The molecular formula is C18H21N3. The van der Waals surface area contributed by atoms with Crippen molar-refractivity contribution in [3.63, 3.8) is 0 Å². The van der Waals surface area contributed by atoms with Crippen LogP contribution in [0.2, 0.25) is 0 Å². The molecule has 0 radical (unpaired) electrons. The summed E-state index contributed by atoms with van der Waals surface area (Å²) in [5, 5.41) is 5.72. The molecule has 0 fully saturated rings. The van der Waals surface area contributed by atoms with Gasteiger partial charge >= 0.3 is 0 Å². The number of benzene rings is 1. The molecule has 21 heavy (non-hydrogen) atoms. The minimum Gasteiger partial charge on any atom is -0.262 e. The number of hydrogen-bond donors (Lipinski definition) is 0. The summed E-state index contributed by atoms with van der Waals surface area (Å²) in [6.45, 7) is 14.2. The lowest BCUT2D eigenvalue weighted by molar-refractivity contribution is 0.719. The van der Waals surface area contributed by atoms with Crippen LogP contribution < -0.4 is 0 Å². The quantitative estimate of drug-likeness (QED) is 0.584. The molecule has 0 bridgehead atoms. The lowest BCUT2D eigenvalue weighted by Gasteiger charge is -2.04. The Balaban J connectivity index is 2.50. The van der Waals surface area contributed by atoms with Gasteiger partial charge in [-0.3, -0.25) is 9.67 Å². The second-order valence-corrected chi connectivity index (χ2v) is 5.03. The van der Waals surface area contributed by atoms with Gasteiger partial charge in [-0.1, -0.05) is 24.8 Å². The van der Waals surface area contributed by atoms with Crippen molar-refractivity contribution in [1.82, 2.24) is 9.78 Å². The standard InChI is InChI=1S/C18H21N3/c1-6-10-21-18-9-8-16(11-17(18)14(5)20-21)15(7-2)12-19-13(3)4/h6-9,11-12H,1,3,10H2,2,4-5H3/b15-7+,19-12-. The highest BCUT2D eigenvalue weighted by molar-refractivity contribution is 6.11. The van der Waals surface area contributed by atoms with E-state index in [0.29, 0.717) is 0 Å². The maximum absolute atomic E-state index is 4.56. The van der Waals surface area contributed by atoms with Gasteiger partial charge in [0.1, 0.15) is 0 Å². The number of nitrogens with zero attached hydrogens (tertiary/aromatic N) is 3. The van der Waals surface area contributed by atoms with Gasteiger partial charge in [0, 0.05) is 17.3 Å². The first kappa shape index (κ1) is 15.0. The zero-order chi connectivity index (χ0) is 15.4. The molecule has 0 spiro atoms. The van der Waals surface area contributed by atoms with Gasteiger partial charge in [0.05, 0.1) is 17.8 Å². The fraction of sp³-hybridized carbons (Fsp3) is 0.222. The molecule has 1 aromatic carbocycles. The van der Waals surface area contributed by atoms with E-state index in [-0.39, 0.29) is 0 Å². The molecule has 1 heterocycles. The van der Waals surface area contributed by atoms with Gasteiger partial charge in [0.2, 0.25) is 0 Å². The third-order valence-corrected chi connectivity index (χ3v) is 3.31. The number of fused-ring (bicyclic) bond motifs is 1. The van der Waals surface area contributed by atoms with Crippen LogP contribution in [0.4, 0.5) is 0 Å². The van der Waals surface area contributed by atoms with Crippen LogP contribution in [0.25, 0.3) is 16.5 Å². The van der Waals surface area contributed by atoms with E-state index < -0.39 is 0 Å². The first-order valence-corrected chi connectivity index (χ1v) is 7.01. The van der Waals surface area contributed by atoms with E-state index in [4.69, 9.17) is 0 Å². The van der Waals surface area contributed by atoms with E-state index >= 15 is 0 Å². The molecule has 0 N–H and O–H groups in total. The summed E-state index contributed by atoms with van der Waals surface area (Å²) >= 11 is 0. The zero-order valence-corrected chi connectivity index (χ0v) is 12.9. The van der Waals surface area contributed by atoms with Crippen LogP contribution >= 0.6 is 0 Å². The summed E-state index contributed by atoms with van der Waals surface area (Å²) in [5.41, 5.74) is 5.17. The minimum absolute atomic E-state index is 0.720. The van der Waals surface area contributed by atoms with Crippen molar-refractivity contribution in [3.05, 3.63) is 60.5 Å². The third kappa shape index (κ3) is 3.19. The smallest absolute Gasteiger partial charge is 0.0689 e. The Morgan fingerprint density at radius 3 is 2.81 bits per heavy atom. The highest BCUT2D eigenvalue weighted by Crippen LogP contribution is 2.23. The third-order valence-electron chi connectivity index (χ3n) is 3.31. The summed E-state index contributed by atoms with van der Waals surface area (Å²) in [6.07, 6.45) is 5.76. The minimum atomic E-state index is 0.720. The number of rotatable bonds is 5. The van der Waals surface area contributed by atoms with Crippen molar-refractivity contribution < 1.29 is 0 Å². The van der Waals surface area contributed by atoms with Crippen molar-refractivity contribution in [1.29, 1.82) is 0 Å². The van der Waals surface area contributed by atoms with E-state index in [0.717, 1.165) is 40.0 Å². The van der Waals surface area contributed by atoms with Crippen molar-refractivity contribution in [3.8, 4) is 0 Å². The monoisotopic (exact) mass is 279 g/mol. The van der Waals surface area contributed by atoms with Crippen molar-refractivity contribution in [2.45, 2.75) is 27.3 Å². The average Bonchev–Trinajstić information content (AvgIpc) is 2.76. The highest BCUT2D eigenvalue weighted by Gasteiger charge is 2.08. The summed E-state index contributed by atoms with van der Waals surface area (Å²) in [5.74, 6) is 0. The van der Waals surface area contributed by atoms with E-state index in [9.17, 15) is 0 Å². The average molecular weight is 279 g/mol. The first-order chi connectivity index (χ1) is 10.1. The Morgan fingerprint density at radius 2 is 2.19 bits per heavy atom. The fourth-order valence-electron chi connectivity index (χ4n) is 2.28. The van der Waals surface area contributed by atoms with Gasteiger partial charge < -0.3 is 0 Å². The maximum atomic E-state index is 4.56. The lowest BCUT2D eigenvalue weighted by Crippen LogP contribution is -1.96. The van der Waals surface area contributed by atoms with E-state index in [1.54, 1.807) is 0 Å². The Kier molecular flexibility index (Phi) is 4.53. The highest BCUT2D eigenvalue weighted by atomic mass is 15.3. The van der Waals surface area contributed by atoms with Crippen molar-refractivity contribution >= 4 is 22.7 Å². The predicted molar refractivity (Wildman–Crippen MR) is 91.6 cm³/mol. The number of allylic oxidation sites excluding steroid dienone is 4. The molecule has 1 aromatic heterocycles. The summed E-state index contributed by atoms with van der Waals surface area (Å²) in [7, 11) is 0. The molecule has 108 valence electrons. The lowest BCUT2D eigenvalue weighted by atomic mass is 10.0. The Hall–Kier alpha value is -2.42. The van der Waals surface area contributed by atoms with Gasteiger partial charge in [-0.15, -0.1) is 6.58 Å². The Morgan fingerprint density at radius 1 is 1.43 bits per heavy atom. The van der Waals surface area contributed by atoms with Crippen LogP contribution in [0.3, 0.4) is 0 Å². The van der Waals surface area contributed by atoms with E-state index in [2.05, 4.69) is 47.5 Å². The largest absolute Gasteiger partial charge is 0.262 e. The number of hydrogen-bond acceptors (Lipinski definition) is 2. The summed E-state index contributed by atoms with van der Waals surface area (Å²) in [4.78, 5) is 4.29. The van der Waals surface area contributed by atoms with Crippen molar-refractivity contribution in [2.24, 2.45) is 4.99 Å². The summed E-state index contributed by atoms with van der Waals surface area (Å²) in [6, 6.07) is 6.37. The molecule has 0 saturated heterocycles. The number of aromatic nitrogens is 2. The SMILES string of the molecule is C=CCn1nc(C)c2cc(C(/C=N\C(=C)C)=C/C)ccc21. The van der Waals surface area contributed by atoms with Crippen LogP contribution in [-0.4, -0.2) is 16.0 Å². The van der Waals surface area contributed by atoms with Gasteiger partial charge in [0.15, 0.2) is 0 Å². The molecule has 0 atom stereocenters. The molecule has 3 heteroatoms. The Labute approximate surface area is 126 Å².